The maximum absolute atomic E-state index is 11.2. The number of allylic oxidation sites excluding steroid dienone is 1. The molecule has 0 atom stereocenters. The zero-order valence-corrected chi connectivity index (χ0v) is 13.9. The van der Waals surface area contributed by atoms with Crippen LogP contribution in [0.3, 0.4) is 0 Å². The van der Waals surface area contributed by atoms with Gasteiger partial charge in [-0.25, -0.2) is 4.79 Å². The molecule has 5 heteroatoms. The monoisotopic (exact) mass is 322 g/mol. The number of rotatable bonds is 5. The molecule has 0 saturated carbocycles. The molecule has 1 aromatic heterocycles. The second-order valence-electron chi connectivity index (χ2n) is 5.23. The Morgan fingerprint density at radius 1 is 1.29 bits per heavy atom. The van der Waals surface area contributed by atoms with Crippen LogP contribution in [0, 0.1) is 25.2 Å². The SMILES string of the molecule is COC(=O)COc1c(C)cc(/C=C(/C#N)c2ccccn2)cc1C. The van der Waals surface area contributed by atoms with Gasteiger partial charge >= 0.3 is 5.97 Å². The average molecular weight is 322 g/mol. The lowest BCUT2D eigenvalue weighted by molar-refractivity contribution is -0.142. The zero-order valence-electron chi connectivity index (χ0n) is 13.9. The number of nitrogens with zero attached hydrogens (tertiary/aromatic N) is 2. The van der Waals surface area contributed by atoms with Gasteiger partial charge in [-0.15, -0.1) is 0 Å². The van der Waals surface area contributed by atoms with E-state index >= 15 is 0 Å². The van der Waals surface area contributed by atoms with E-state index in [2.05, 4.69) is 15.8 Å². The number of ether oxygens (including phenoxy) is 2. The number of pyridine rings is 1. The van der Waals surface area contributed by atoms with Gasteiger partial charge in [-0.3, -0.25) is 4.98 Å². The molecule has 24 heavy (non-hydrogen) atoms. The predicted molar refractivity (Wildman–Crippen MR) is 91.1 cm³/mol. The van der Waals surface area contributed by atoms with E-state index in [-0.39, 0.29) is 6.61 Å². The second-order valence-corrected chi connectivity index (χ2v) is 5.23. The first kappa shape index (κ1) is 17.2. The van der Waals surface area contributed by atoms with Crippen molar-refractivity contribution in [2.45, 2.75) is 13.8 Å². The summed E-state index contributed by atoms with van der Waals surface area (Å²) in [5, 5.41) is 9.37. The molecule has 0 aliphatic heterocycles. The number of carbonyl (C=O) groups is 1. The summed E-state index contributed by atoms with van der Waals surface area (Å²) in [6, 6.07) is 11.4. The van der Waals surface area contributed by atoms with Gasteiger partial charge in [-0.05, 0) is 60.9 Å². The fourth-order valence-corrected chi connectivity index (χ4v) is 2.34. The van der Waals surface area contributed by atoms with Crippen LogP contribution in [0.25, 0.3) is 11.6 Å². The molecule has 0 unspecified atom stereocenters. The fraction of sp³-hybridized carbons (Fsp3) is 0.211. The number of esters is 1. The Labute approximate surface area is 141 Å². The number of benzene rings is 1. The number of hydrogen-bond donors (Lipinski definition) is 0. The molecule has 0 radical (unpaired) electrons. The third-order valence-electron chi connectivity index (χ3n) is 3.42. The lowest BCUT2D eigenvalue weighted by Crippen LogP contribution is -2.13. The van der Waals surface area contributed by atoms with Crippen LogP contribution >= 0.6 is 0 Å². The van der Waals surface area contributed by atoms with Crippen molar-refractivity contribution in [1.82, 2.24) is 4.98 Å². The summed E-state index contributed by atoms with van der Waals surface area (Å²) >= 11 is 0. The molecule has 5 nitrogen and oxygen atoms in total. The molecule has 0 aliphatic carbocycles. The van der Waals surface area contributed by atoms with Gasteiger partial charge in [0, 0.05) is 6.20 Å². The molecule has 0 amide bonds. The molecular weight excluding hydrogens is 304 g/mol. The van der Waals surface area contributed by atoms with E-state index < -0.39 is 5.97 Å². The summed E-state index contributed by atoms with van der Waals surface area (Å²) in [7, 11) is 1.32. The summed E-state index contributed by atoms with van der Waals surface area (Å²) < 4.78 is 10.1. The van der Waals surface area contributed by atoms with Gasteiger partial charge in [0.05, 0.1) is 18.4 Å². The van der Waals surface area contributed by atoms with Crippen LogP contribution in [-0.4, -0.2) is 24.7 Å². The Kier molecular flexibility index (Phi) is 5.69. The highest BCUT2D eigenvalue weighted by atomic mass is 16.6. The standard InChI is InChI=1S/C19H18N2O3/c1-13-8-15(9-14(2)19(13)24-12-18(22)23-3)10-16(11-20)17-6-4-5-7-21-17/h4-10H,12H2,1-3H3/b16-10-. The molecule has 122 valence electrons. The van der Waals surface area contributed by atoms with Gasteiger partial charge in [0.2, 0.25) is 0 Å². The number of carbonyl (C=O) groups excluding carboxylic acids is 1. The molecular formula is C19H18N2O3. The van der Waals surface area contributed by atoms with E-state index in [0.29, 0.717) is 17.0 Å². The maximum Gasteiger partial charge on any atom is 0.343 e. The quantitative estimate of drug-likeness (QED) is 0.624. The Bertz CT molecular complexity index is 782. The minimum Gasteiger partial charge on any atom is -0.481 e. The molecule has 0 fully saturated rings. The molecule has 2 rings (SSSR count). The third-order valence-corrected chi connectivity index (χ3v) is 3.42. The molecule has 1 heterocycles. The molecule has 2 aromatic rings. The van der Waals surface area contributed by atoms with Crippen molar-refractivity contribution in [1.29, 1.82) is 5.26 Å². The van der Waals surface area contributed by atoms with Crippen molar-refractivity contribution in [3.63, 3.8) is 0 Å². The predicted octanol–water partition coefficient (Wildman–Crippen LogP) is 3.31. The Morgan fingerprint density at radius 2 is 2.00 bits per heavy atom. The first-order valence-corrected chi connectivity index (χ1v) is 7.39. The third kappa shape index (κ3) is 4.20. The van der Waals surface area contributed by atoms with Crippen LogP contribution in [-0.2, 0) is 9.53 Å². The molecule has 0 spiro atoms. The Balaban J connectivity index is 2.31. The molecule has 0 bridgehead atoms. The van der Waals surface area contributed by atoms with E-state index in [1.807, 2.05) is 32.0 Å². The maximum atomic E-state index is 11.2. The van der Waals surface area contributed by atoms with Crippen LogP contribution in [0.4, 0.5) is 0 Å². The van der Waals surface area contributed by atoms with Crippen molar-refractivity contribution < 1.29 is 14.3 Å². The summed E-state index contributed by atoms with van der Waals surface area (Å²) in [6.45, 7) is 3.65. The minimum absolute atomic E-state index is 0.134. The summed E-state index contributed by atoms with van der Waals surface area (Å²) in [4.78, 5) is 15.4. The van der Waals surface area contributed by atoms with Gasteiger partial charge in [0.1, 0.15) is 11.8 Å². The van der Waals surface area contributed by atoms with Crippen LogP contribution in [0.2, 0.25) is 0 Å². The van der Waals surface area contributed by atoms with E-state index in [1.165, 1.54) is 7.11 Å². The van der Waals surface area contributed by atoms with Gasteiger partial charge in [-0.1, -0.05) is 6.07 Å². The number of aryl methyl sites for hydroxylation is 2. The number of aromatic nitrogens is 1. The topological polar surface area (TPSA) is 72.2 Å². The van der Waals surface area contributed by atoms with E-state index in [4.69, 9.17) is 4.74 Å². The minimum atomic E-state index is -0.431. The highest BCUT2D eigenvalue weighted by Crippen LogP contribution is 2.27. The van der Waals surface area contributed by atoms with Gasteiger partial charge in [0.15, 0.2) is 6.61 Å². The first-order chi connectivity index (χ1) is 11.5. The molecule has 0 aliphatic rings. The van der Waals surface area contributed by atoms with Crippen LogP contribution in [0.15, 0.2) is 36.5 Å². The highest BCUT2D eigenvalue weighted by molar-refractivity contribution is 5.88. The largest absolute Gasteiger partial charge is 0.481 e. The summed E-state index contributed by atoms with van der Waals surface area (Å²) in [5.74, 6) is 0.216. The fourth-order valence-electron chi connectivity index (χ4n) is 2.34. The summed E-state index contributed by atoms with van der Waals surface area (Å²) in [5.41, 5.74) is 3.74. The van der Waals surface area contributed by atoms with Gasteiger partial charge in [-0.2, -0.15) is 5.26 Å². The number of methoxy groups -OCH3 is 1. The molecule has 0 saturated heterocycles. The second kappa shape index (κ2) is 7.93. The van der Waals surface area contributed by atoms with Gasteiger partial charge < -0.3 is 9.47 Å². The van der Waals surface area contributed by atoms with E-state index in [0.717, 1.165) is 16.7 Å². The Hall–Kier alpha value is -3.13. The number of hydrogen-bond acceptors (Lipinski definition) is 5. The molecule has 1 aromatic carbocycles. The van der Waals surface area contributed by atoms with Crippen molar-refractivity contribution in [3.05, 3.63) is 58.9 Å². The summed E-state index contributed by atoms with van der Waals surface area (Å²) in [6.07, 6.45) is 3.44. The number of nitriles is 1. The molecule has 0 N–H and O–H groups in total. The zero-order chi connectivity index (χ0) is 17.5. The smallest absolute Gasteiger partial charge is 0.343 e. The van der Waals surface area contributed by atoms with Crippen molar-refractivity contribution in [3.8, 4) is 11.8 Å². The first-order valence-electron chi connectivity index (χ1n) is 7.39. The van der Waals surface area contributed by atoms with Gasteiger partial charge in [0.25, 0.3) is 0 Å². The lowest BCUT2D eigenvalue weighted by atomic mass is 10.0. The Morgan fingerprint density at radius 3 is 2.54 bits per heavy atom. The average Bonchev–Trinajstić information content (AvgIpc) is 2.59. The lowest BCUT2D eigenvalue weighted by Gasteiger charge is -2.12. The van der Waals surface area contributed by atoms with E-state index in [9.17, 15) is 10.1 Å². The van der Waals surface area contributed by atoms with Crippen LogP contribution in [0.1, 0.15) is 22.4 Å². The van der Waals surface area contributed by atoms with Crippen molar-refractivity contribution >= 4 is 17.6 Å². The van der Waals surface area contributed by atoms with Crippen LogP contribution < -0.4 is 4.74 Å². The van der Waals surface area contributed by atoms with Crippen molar-refractivity contribution in [2.24, 2.45) is 0 Å². The van der Waals surface area contributed by atoms with E-state index in [1.54, 1.807) is 24.4 Å². The normalized spacial score (nSPS) is 10.8. The van der Waals surface area contributed by atoms with Crippen LogP contribution in [0.5, 0.6) is 5.75 Å². The highest BCUT2D eigenvalue weighted by Gasteiger charge is 2.10. The van der Waals surface area contributed by atoms with Crippen molar-refractivity contribution in [2.75, 3.05) is 13.7 Å².